The van der Waals surface area contributed by atoms with Crippen molar-refractivity contribution in [3.05, 3.63) is 11.1 Å². The first kappa shape index (κ1) is 11.8. The van der Waals surface area contributed by atoms with Crippen molar-refractivity contribution in [3.8, 4) is 0 Å². The van der Waals surface area contributed by atoms with Gasteiger partial charge in [-0.25, -0.2) is 0 Å². The minimum Gasteiger partial charge on any atom is -0.316 e. The number of rotatable bonds is 2. The topological polar surface area (TPSA) is 27.2 Å². The molecule has 0 saturated carbocycles. The van der Waals surface area contributed by atoms with Gasteiger partial charge in [0.05, 0.1) is 13.1 Å². The van der Waals surface area contributed by atoms with Crippen LogP contribution in [0.5, 0.6) is 0 Å². The molecule has 0 amide bonds. The number of nitrogens with zero attached hydrogens (tertiary/aromatic N) is 3. The SMILES string of the molecule is C[C@H]1C[C@H](C)C[NH+](Cn2ncn(C)c2=S)C1. The van der Waals surface area contributed by atoms with Gasteiger partial charge in [0.1, 0.15) is 6.33 Å². The molecule has 16 heavy (non-hydrogen) atoms. The fraction of sp³-hybridized carbons (Fsp3) is 0.818. The number of aryl methyl sites for hydroxylation is 1. The van der Waals surface area contributed by atoms with Crippen LogP contribution in [0.2, 0.25) is 0 Å². The molecule has 1 aliphatic heterocycles. The van der Waals surface area contributed by atoms with Gasteiger partial charge in [-0.1, -0.05) is 13.8 Å². The Kier molecular flexibility index (Phi) is 3.44. The highest BCUT2D eigenvalue weighted by molar-refractivity contribution is 7.71. The van der Waals surface area contributed by atoms with Gasteiger partial charge in [-0.15, -0.1) is 0 Å². The van der Waals surface area contributed by atoms with Crippen LogP contribution in [0.4, 0.5) is 0 Å². The minimum atomic E-state index is 0.816. The number of piperidine rings is 1. The zero-order chi connectivity index (χ0) is 11.7. The van der Waals surface area contributed by atoms with Crippen molar-refractivity contribution in [1.29, 1.82) is 0 Å². The van der Waals surface area contributed by atoms with Crippen molar-refractivity contribution >= 4 is 12.2 Å². The monoisotopic (exact) mass is 241 g/mol. The summed E-state index contributed by atoms with van der Waals surface area (Å²) in [6.07, 6.45) is 3.15. The zero-order valence-corrected chi connectivity index (χ0v) is 11.1. The second kappa shape index (κ2) is 4.67. The molecule has 0 unspecified atom stereocenters. The Labute approximate surface area is 102 Å². The molecule has 0 radical (unpaired) electrons. The molecule has 0 spiro atoms. The van der Waals surface area contributed by atoms with Crippen molar-refractivity contribution < 1.29 is 4.90 Å². The van der Waals surface area contributed by atoms with Crippen molar-refractivity contribution in [3.63, 3.8) is 0 Å². The Hall–Kier alpha value is -0.680. The highest BCUT2D eigenvalue weighted by Crippen LogP contribution is 2.11. The maximum absolute atomic E-state index is 5.30. The predicted octanol–water partition coefficient (Wildman–Crippen LogP) is 0.469. The molecule has 2 atom stereocenters. The summed E-state index contributed by atoms with van der Waals surface area (Å²) in [5, 5.41) is 4.31. The molecule has 1 fully saturated rings. The van der Waals surface area contributed by atoms with Crippen LogP contribution < -0.4 is 4.90 Å². The molecule has 1 saturated heterocycles. The minimum absolute atomic E-state index is 0.816. The molecule has 0 aliphatic carbocycles. The third kappa shape index (κ3) is 2.52. The molecule has 2 heterocycles. The van der Waals surface area contributed by atoms with E-state index < -0.39 is 0 Å². The van der Waals surface area contributed by atoms with Crippen LogP contribution in [0.25, 0.3) is 0 Å². The lowest BCUT2D eigenvalue weighted by Crippen LogP contribution is -3.13. The second-order valence-corrected chi connectivity index (χ2v) is 5.65. The predicted molar refractivity (Wildman–Crippen MR) is 65.7 cm³/mol. The number of aromatic nitrogens is 3. The summed E-state index contributed by atoms with van der Waals surface area (Å²) in [6.45, 7) is 8.07. The molecule has 1 aromatic rings. The van der Waals surface area contributed by atoms with Crippen LogP contribution in [-0.2, 0) is 13.7 Å². The number of hydrogen-bond donors (Lipinski definition) is 1. The fourth-order valence-corrected chi connectivity index (χ4v) is 2.95. The van der Waals surface area contributed by atoms with E-state index in [4.69, 9.17) is 12.2 Å². The van der Waals surface area contributed by atoms with Crippen LogP contribution >= 0.6 is 12.2 Å². The molecule has 0 aromatic carbocycles. The van der Waals surface area contributed by atoms with Gasteiger partial charge in [0.25, 0.3) is 0 Å². The Balaban J connectivity index is 2.04. The van der Waals surface area contributed by atoms with Gasteiger partial charge >= 0.3 is 0 Å². The van der Waals surface area contributed by atoms with Gasteiger partial charge < -0.3 is 9.47 Å². The zero-order valence-electron chi connectivity index (χ0n) is 10.3. The van der Waals surface area contributed by atoms with Crippen LogP contribution in [0, 0.1) is 16.6 Å². The fourth-order valence-electron chi connectivity index (χ4n) is 2.79. The number of quaternary nitrogens is 1. The largest absolute Gasteiger partial charge is 0.316 e. The van der Waals surface area contributed by atoms with E-state index in [2.05, 4.69) is 18.9 Å². The Morgan fingerprint density at radius 2 is 2.06 bits per heavy atom. The highest BCUT2D eigenvalue weighted by Gasteiger charge is 2.25. The van der Waals surface area contributed by atoms with Gasteiger partial charge in [-0.2, -0.15) is 9.78 Å². The summed E-state index contributed by atoms with van der Waals surface area (Å²) in [5.74, 6) is 1.63. The molecule has 1 N–H and O–H groups in total. The maximum atomic E-state index is 5.30. The lowest BCUT2D eigenvalue weighted by Gasteiger charge is -2.31. The van der Waals surface area contributed by atoms with E-state index in [1.165, 1.54) is 19.5 Å². The number of likely N-dealkylation sites (tertiary alicyclic amines) is 1. The summed E-state index contributed by atoms with van der Waals surface area (Å²) >= 11 is 5.30. The van der Waals surface area contributed by atoms with Crippen molar-refractivity contribution in [2.24, 2.45) is 18.9 Å². The summed E-state index contributed by atoms with van der Waals surface area (Å²) in [4.78, 5) is 1.60. The van der Waals surface area contributed by atoms with Crippen LogP contribution in [0.3, 0.4) is 0 Å². The second-order valence-electron chi connectivity index (χ2n) is 5.29. The first-order valence-electron chi connectivity index (χ1n) is 5.98. The molecular weight excluding hydrogens is 220 g/mol. The van der Waals surface area contributed by atoms with Gasteiger partial charge in [0.2, 0.25) is 4.77 Å². The first-order chi connectivity index (χ1) is 7.56. The molecule has 2 rings (SSSR count). The quantitative estimate of drug-likeness (QED) is 0.762. The first-order valence-corrected chi connectivity index (χ1v) is 6.39. The molecule has 1 aliphatic rings. The third-order valence-corrected chi connectivity index (χ3v) is 3.84. The molecule has 90 valence electrons. The smallest absolute Gasteiger partial charge is 0.202 e. The molecule has 5 heteroatoms. The third-order valence-electron chi connectivity index (χ3n) is 3.34. The van der Waals surface area contributed by atoms with E-state index in [0.717, 1.165) is 23.3 Å². The Morgan fingerprint density at radius 1 is 1.44 bits per heavy atom. The van der Waals surface area contributed by atoms with E-state index >= 15 is 0 Å². The normalized spacial score (nSPS) is 30.6. The van der Waals surface area contributed by atoms with Crippen LogP contribution in [0.15, 0.2) is 6.33 Å². The van der Waals surface area contributed by atoms with Gasteiger partial charge in [0.15, 0.2) is 6.67 Å². The Morgan fingerprint density at radius 3 is 2.56 bits per heavy atom. The van der Waals surface area contributed by atoms with Gasteiger partial charge in [0, 0.05) is 18.9 Å². The molecule has 0 bridgehead atoms. The van der Waals surface area contributed by atoms with E-state index in [1.807, 2.05) is 16.3 Å². The summed E-state index contributed by atoms with van der Waals surface area (Å²) in [7, 11) is 1.95. The molecule has 1 aromatic heterocycles. The van der Waals surface area contributed by atoms with E-state index in [0.29, 0.717) is 0 Å². The van der Waals surface area contributed by atoms with Crippen molar-refractivity contribution in [2.45, 2.75) is 26.9 Å². The van der Waals surface area contributed by atoms with Gasteiger partial charge in [-0.3, -0.25) is 0 Å². The average Bonchev–Trinajstić information content (AvgIpc) is 2.48. The average molecular weight is 241 g/mol. The summed E-state index contributed by atoms with van der Waals surface area (Å²) < 4.78 is 4.65. The highest BCUT2D eigenvalue weighted by atomic mass is 32.1. The Bertz CT molecular complexity index is 398. The van der Waals surface area contributed by atoms with E-state index in [1.54, 1.807) is 11.2 Å². The lowest BCUT2D eigenvalue weighted by atomic mass is 9.92. The van der Waals surface area contributed by atoms with E-state index in [9.17, 15) is 0 Å². The van der Waals surface area contributed by atoms with Crippen LogP contribution in [-0.4, -0.2) is 27.4 Å². The van der Waals surface area contributed by atoms with Gasteiger partial charge in [-0.05, 0) is 18.6 Å². The summed E-state index contributed by atoms with van der Waals surface area (Å²) in [5.41, 5.74) is 0. The molecule has 4 nitrogen and oxygen atoms in total. The van der Waals surface area contributed by atoms with Crippen molar-refractivity contribution in [2.75, 3.05) is 13.1 Å². The molecular formula is C11H21N4S+. The van der Waals surface area contributed by atoms with Crippen LogP contribution in [0.1, 0.15) is 20.3 Å². The van der Waals surface area contributed by atoms with Crippen molar-refractivity contribution in [1.82, 2.24) is 14.3 Å². The number of nitrogens with one attached hydrogen (secondary N) is 1. The van der Waals surface area contributed by atoms with E-state index in [-0.39, 0.29) is 0 Å². The lowest BCUT2D eigenvalue weighted by molar-refractivity contribution is -0.935. The number of hydrogen-bond acceptors (Lipinski definition) is 2. The standard InChI is InChI=1S/C11H20N4S/c1-9-4-10(2)6-14(5-9)8-15-11(16)13(3)7-12-15/h7,9-10H,4-6,8H2,1-3H3/p+1/t9-,10-/m0/s1. The summed E-state index contributed by atoms with van der Waals surface area (Å²) in [6, 6.07) is 0. The maximum Gasteiger partial charge on any atom is 0.202 e.